The first kappa shape index (κ1) is 33.2. The molecule has 0 aliphatic heterocycles. The lowest BCUT2D eigenvalue weighted by molar-refractivity contribution is 0.109. The molecule has 1 saturated carbocycles. The molecule has 1 heterocycles. The summed E-state index contributed by atoms with van der Waals surface area (Å²) >= 11 is 1.46. The molecular formula is C31H41N5O6S2. The summed E-state index contributed by atoms with van der Waals surface area (Å²) in [5.74, 6) is 0.341. The third-order valence-electron chi connectivity index (χ3n) is 6.89. The molecule has 2 aromatic carbocycles. The Bertz CT molecular complexity index is 1560. The molecule has 1 fully saturated rings. The number of carbonyl (C=O) groups excluding carboxylic acids is 2. The molecule has 3 amide bonds. The number of aromatic hydroxyl groups is 1. The lowest BCUT2D eigenvalue weighted by Gasteiger charge is -2.28. The predicted octanol–water partition coefficient (Wildman–Crippen LogP) is 6.08. The molecule has 1 aromatic heterocycles. The number of ether oxygens (including phenoxy) is 1. The van der Waals surface area contributed by atoms with E-state index in [1.807, 2.05) is 13.8 Å². The number of rotatable bonds is 9. The van der Waals surface area contributed by atoms with E-state index in [-0.39, 0.29) is 35.3 Å². The maximum Gasteiger partial charge on any atom is 0.407 e. The normalized spacial score (nSPS) is 17.2. The smallest absolute Gasteiger partial charge is 0.407 e. The summed E-state index contributed by atoms with van der Waals surface area (Å²) < 4.78 is 35.1. The number of phenols is 1. The average molecular weight is 644 g/mol. The molecule has 0 radical (unpaired) electrons. The molecule has 1 aliphatic carbocycles. The van der Waals surface area contributed by atoms with Crippen LogP contribution in [0.15, 0.2) is 53.6 Å². The molecular weight excluding hydrogens is 603 g/mol. The van der Waals surface area contributed by atoms with Gasteiger partial charge in [-0.25, -0.2) is 27.7 Å². The van der Waals surface area contributed by atoms with Gasteiger partial charge in [-0.1, -0.05) is 18.2 Å². The number of benzene rings is 2. The molecule has 0 atom stereocenters. The van der Waals surface area contributed by atoms with Crippen molar-refractivity contribution in [1.29, 1.82) is 0 Å². The third kappa shape index (κ3) is 9.41. The lowest BCUT2D eigenvalue weighted by atomic mass is 9.86. The molecule has 0 unspecified atom stereocenters. The standard InChI is InChI=1S/C31H41N5O6S2/c1-19(2)42-30(39)35-22-10-8-21(9-11-22)28-32-18-26(43-28)25-15-12-23(16-27(25)44(40,41)36-31(3,4)5)34-29(38)33-17-20-6-13-24(37)14-7-20/h6-7,12-16,18-19,21-22,36-37H,8-11,17H2,1-5H3,(H,35,39)(H2,33,34,38). The van der Waals surface area contributed by atoms with Gasteiger partial charge in [0.2, 0.25) is 10.0 Å². The molecule has 5 N–H and O–H groups in total. The van der Waals surface area contributed by atoms with Crippen LogP contribution in [-0.2, 0) is 21.3 Å². The van der Waals surface area contributed by atoms with E-state index in [2.05, 4.69) is 25.7 Å². The Morgan fingerprint density at radius 3 is 2.39 bits per heavy atom. The van der Waals surface area contributed by atoms with Crippen molar-refractivity contribution < 1.29 is 27.9 Å². The molecule has 0 bridgehead atoms. The largest absolute Gasteiger partial charge is 0.508 e. The maximum atomic E-state index is 13.6. The number of phenolic OH excluding ortho intramolecular Hbond substituents is 1. The Morgan fingerprint density at radius 2 is 1.75 bits per heavy atom. The number of anilines is 1. The monoisotopic (exact) mass is 643 g/mol. The molecule has 4 rings (SSSR count). The van der Waals surface area contributed by atoms with Crippen molar-refractivity contribution in [2.24, 2.45) is 0 Å². The van der Waals surface area contributed by atoms with Crippen molar-refractivity contribution in [3.05, 3.63) is 59.2 Å². The number of hydrogen-bond acceptors (Lipinski definition) is 8. The number of aromatic nitrogens is 1. The number of nitrogens with one attached hydrogen (secondary N) is 4. The van der Waals surface area contributed by atoms with Gasteiger partial charge in [0.05, 0.1) is 20.9 Å². The van der Waals surface area contributed by atoms with Crippen molar-refractivity contribution >= 4 is 39.2 Å². The second-order valence-corrected chi connectivity index (χ2v) is 15.0. The maximum absolute atomic E-state index is 13.6. The van der Waals surface area contributed by atoms with E-state index in [1.165, 1.54) is 29.5 Å². The highest BCUT2D eigenvalue weighted by molar-refractivity contribution is 7.89. The summed E-state index contributed by atoms with van der Waals surface area (Å²) in [6.07, 6.45) is 4.43. The molecule has 1 aliphatic rings. The summed E-state index contributed by atoms with van der Waals surface area (Å²) in [4.78, 5) is 30.0. The van der Waals surface area contributed by atoms with Crippen molar-refractivity contribution in [2.75, 3.05) is 5.32 Å². The Labute approximate surface area is 262 Å². The zero-order chi connectivity index (χ0) is 32.1. The summed E-state index contributed by atoms with van der Waals surface area (Å²) in [5, 5.41) is 18.8. The number of hydrogen-bond donors (Lipinski definition) is 5. The van der Waals surface area contributed by atoms with Crippen molar-refractivity contribution in [1.82, 2.24) is 20.3 Å². The Kier molecular flexibility index (Phi) is 10.5. The number of thiazole rings is 1. The van der Waals surface area contributed by atoms with Crippen LogP contribution in [0.1, 0.15) is 76.8 Å². The van der Waals surface area contributed by atoms with Crippen LogP contribution in [0.4, 0.5) is 15.3 Å². The van der Waals surface area contributed by atoms with Gasteiger partial charge in [0.25, 0.3) is 0 Å². The van der Waals surface area contributed by atoms with E-state index in [9.17, 15) is 23.1 Å². The molecule has 13 heteroatoms. The van der Waals surface area contributed by atoms with Crippen LogP contribution < -0.4 is 20.7 Å². The zero-order valence-electron chi connectivity index (χ0n) is 25.6. The average Bonchev–Trinajstić information content (AvgIpc) is 3.42. The number of carbonyl (C=O) groups is 2. The van der Waals surface area contributed by atoms with E-state index in [0.717, 1.165) is 36.3 Å². The minimum Gasteiger partial charge on any atom is -0.508 e. The van der Waals surface area contributed by atoms with Crippen LogP contribution in [0, 0.1) is 0 Å². The van der Waals surface area contributed by atoms with Crippen molar-refractivity contribution in [3.8, 4) is 16.2 Å². The first-order valence-electron chi connectivity index (χ1n) is 14.6. The van der Waals surface area contributed by atoms with E-state index >= 15 is 0 Å². The molecule has 44 heavy (non-hydrogen) atoms. The summed E-state index contributed by atoms with van der Waals surface area (Å²) in [6, 6.07) is 10.8. The van der Waals surface area contributed by atoms with E-state index < -0.39 is 27.7 Å². The second-order valence-electron chi connectivity index (χ2n) is 12.3. The first-order valence-corrected chi connectivity index (χ1v) is 16.9. The number of urea groups is 1. The van der Waals surface area contributed by atoms with Gasteiger partial charge in [-0.15, -0.1) is 11.3 Å². The fourth-order valence-corrected chi connectivity index (χ4v) is 7.81. The van der Waals surface area contributed by atoms with Crippen LogP contribution in [0.2, 0.25) is 0 Å². The van der Waals surface area contributed by atoms with Gasteiger partial charge in [-0.05, 0) is 90.1 Å². The summed E-state index contributed by atoms with van der Waals surface area (Å²) in [7, 11) is -3.98. The fourth-order valence-electron chi connectivity index (χ4n) is 4.96. The van der Waals surface area contributed by atoms with Crippen LogP contribution >= 0.6 is 11.3 Å². The predicted molar refractivity (Wildman–Crippen MR) is 171 cm³/mol. The minimum absolute atomic E-state index is 0.0375. The van der Waals surface area contributed by atoms with Gasteiger partial charge in [0.1, 0.15) is 5.75 Å². The van der Waals surface area contributed by atoms with Crippen LogP contribution in [0.25, 0.3) is 10.4 Å². The van der Waals surface area contributed by atoms with Crippen molar-refractivity contribution in [2.45, 2.75) is 95.3 Å². The molecule has 3 aromatic rings. The van der Waals surface area contributed by atoms with Gasteiger partial charge in [0.15, 0.2) is 0 Å². The fraction of sp³-hybridized carbons (Fsp3) is 0.452. The van der Waals surface area contributed by atoms with E-state index in [4.69, 9.17) is 4.74 Å². The SMILES string of the molecule is CC(C)OC(=O)NC1CCC(c2ncc(-c3ccc(NC(=O)NCc4ccc(O)cc4)cc3S(=O)(=O)NC(C)(C)C)s2)CC1. The van der Waals surface area contributed by atoms with Gasteiger partial charge in [0, 0.05) is 41.5 Å². The topological polar surface area (TPSA) is 159 Å². The zero-order valence-corrected chi connectivity index (χ0v) is 27.3. The van der Waals surface area contributed by atoms with Gasteiger partial charge >= 0.3 is 12.1 Å². The highest BCUT2D eigenvalue weighted by Gasteiger charge is 2.29. The van der Waals surface area contributed by atoms with Gasteiger partial charge in [-0.2, -0.15) is 0 Å². The Hall–Kier alpha value is -3.68. The third-order valence-corrected chi connectivity index (χ3v) is 9.88. The number of amides is 3. The first-order chi connectivity index (χ1) is 20.7. The summed E-state index contributed by atoms with van der Waals surface area (Å²) in [6.45, 7) is 9.15. The van der Waals surface area contributed by atoms with Gasteiger partial charge < -0.3 is 25.8 Å². The molecule has 0 saturated heterocycles. The van der Waals surface area contributed by atoms with E-state index in [1.54, 1.807) is 51.2 Å². The van der Waals surface area contributed by atoms with Crippen LogP contribution in [0.3, 0.4) is 0 Å². The quantitative estimate of drug-likeness (QED) is 0.189. The molecule has 238 valence electrons. The Morgan fingerprint density at radius 1 is 1.07 bits per heavy atom. The molecule has 11 nitrogen and oxygen atoms in total. The van der Waals surface area contributed by atoms with Gasteiger partial charge in [-0.3, -0.25) is 0 Å². The van der Waals surface area contributed by atoms with Crippen LogP contribution in [-0.4, -0.2) is 48.3 Å². The number of alkyl carbamates (subject to hydrolysis) is 1. The highest BCUT2D eigenvalue weighted by Crippen LogP contribution is 2.40. The Balaban J connectivity index is 1.50. The van der Waals surface area contributed by atoms with Crippen LogP contribution in [0.5, 0.6) is 5.75 Å². The highest BCUT2D eigenvalue weighted by atomic mass is 32.2. The minimum atomic E-state index is -3.98. The number of nitrogens with zero attached hydrogens (tertiary/aromatic N) is 1. The number of sulfonamides is 1. The second kappa shape index (κ2) is 14.0. The summed E-state index contributed by atoms with van der Waals surface area (Å²) in [5.41, 5.74) is 0.879. The van der Waals surface area contributed by atoms with E-state index in [0.29, 0.717) is 16.1 Å². The van der Waals surface area contributed by atoms with Crippen molar-refractivity contribution in [3.63, 3.8) is 0 Å². The molecule has 0 spiro atoms. The lowest BCUT2D eigenvalue weighted by Crippen LogP contribution is -2.40.